The third kappa shape index (κ3) is 4.77. The van der Waals surface area contributed by atoms with Crippen LogP contribution in [0.1, 0.15) is 17.0 Å². The Morgan fingerprint density at radius 1 is 1.18 bits per heavy atom. The van der Waals surface area contributed by atoms with Crippen LogP contribution >= 0.6 is 11.6 Å². The number of hydrazine groups is 1. The molecule has 2 heterocycles. The molecule has 2 N–H and O–H groups in total. The summed E-state index contributed by atoms with van der Waals surface area (Å²) in [5.74, 6) is -0.0122. The lowest BCUT2D eigenvalue weighted by Crippen LogP contribution is -2.31. The molecular formula is C17H14ClF3N6O. The average Bonchev–Trinajstić information content (AvgIpc) is 3.04. The summed E-state index contributed by atoms with van der Waals surface area (Å²) in [6.07, 6.45) is -1.76. The summed E-state index contributed by atoms with van der Waals surface area (Å²) < 4.78 is 39.5. The van der Waals surface area contributed by atoms with Crippen molar-refractivity contribution in [2.45, 2.75) is 19.5 Å². The van der Waals surface area contributed by atoms with Crippen molar-refractivity contribution in [1.29, 1.82) is 0 Å². The monoisotopic (exact) mass is 410 g/mol. The molecule has 0 radical (unpaired) electrons. The molecule has 0 unspecified atom stereocenters. The number of nitrogens with one attached hydrogen (secondary N) is 2. The van der Waals surface area contributed by atoms with Crippen molar-refractivity contribution in [1.82, 2.24) is 25.2 Å². The van der Waals surface area contributed by atoms with Gasteiger partial charge in [0.05, 0.1) is 24.5 Å². The van der Waals surface area contributed by atoms with Gasteiger partial charge in [-0.25, -0.2) is 14.6 Å². The highest BCUT2D eigenvalue weighted by molar-refractivity contribution is 6.29. The minimum Gasteiger partial charge on any atom is -0.281 e. The number of alkyl halides is 3. The quantitative estimate of drug-likeness (QED) is 0.630. The molecule has 1 amide bonds. The highest BCUT2D eigenvalue weighted by atomic mass is 35.5. The zero-order valence-electron chi connectivity index (χ0n) is 14.5. The van der Waals surface area contributed by atoms with Crippen molar-refractivity contribution in [2.75, 3.05) is 5.43 Å². The third-order valence-corrected chi connectivity index (χ3v) is 3.87. The second-order valence-corrected chi connectivity index (χ2v) is 6.21. The summed E-state index contributed by atoms with van der Waals surface area (Å²) in [5, 5.41) is 3.82. The number of amides is 1. The van der Waals surface area contributed by atoms with E-state index in [1.54, 1.807) is 24.3 Å². The Morgan fingerprint density at radius 2 is 1.89 bits per heavy atom. The van der Waals surface area contributed by atoms with E-state index in [-0.39, 0.29) is 17.5 Å². The number of nitrogens with zero attached hydrogens (tertiary/aromatic N) is 4. The molecule has 0 aliphatic carbocycles. The van der Waals surface area contributed by atoms with E-state index >= 15 is 0 Å². The molecular weight excluding hydrogens is 397 g/mol. The zero-order chi connectivity index (χ0) is 20.3. The van der Waals surface area contributed by atoms with Crippen LogP contribution in [0, 0.1) is 6.92 Å². The Hall–Kier alpha value is -3.14. The molecule has 2 aromatic heterocycles. The first kappa shape index (κ1) is 19.6. The number of benzene rings is 1. The lowest BCUT2D eigenvalue weighted by Gasteiger charge is -2.09. The van der Waals surface area contributed by atoms with Gasteiger partial charge < -0.3 is 0 Å². The minimum absolute atomic E-state index is 0.0557. The maximum atomic E-state index is 12.8. The molecule has 0 aliphatic heterocycles. The van der Waals surface area contributed by atoms with Crippen molar-refractivity contribution in [2.24, 2.45) is 0 Å². The van der Waals surface area contributed by atoms with Gasteiger partial charge in [0.25, 0.3) is 0 Å². The van der Waals surface area contributed by atoms with E-state index in [9.17, 15) is 18.0 Å². The van der Waals surface area contributed by atoms with Gasteiger partial charge >= 0.3 is 6.18 Å². The molecule has 3 aromatic rings. The molecule has 1 aromatic carbocycles. The van der Waals surface area contributed by atoms with Crippen molar-refractivity contribution < 1.29 is 18.0 Å². The molecule has 0 atom stereocenters. The zero-order valence-corrected chi connectivity index (χ0v) is 15.2. The number of carbonyl (C=O) groups is 1. The second-order valence-electron chi connectivity index (χ2n) is 5.82. The summed E-state index contributed by atoms with van der Waals surface area (Å²) in [5.41, 5.74) is 5.60. The van der Waals surface area contributed by atoms with Gasteiger partial charge in [0, 0.05) is 5.69 Å². The molecule has 11 heteroatoms. The first-order valence-corrected chi connectivity index (χ1v) is 8.36. The van der Waals surface area contributed by atoms with E-state index in [1.165, 1.54) is 24.0 Å². The van der Waals surface area contributed by atoms with Crippen LogP contribution in [0.15, 0.2) is 42.7 Å². The number of rotatable bonds is 5. The van der Waals surface area contributed by atoms with Gasteiger partial charge in [-0.2, -0.15) is 18.3 Å². The highest BCUT2D eigenvalue weighted by Crippen LogP contribution is 2.29. The van der Waals surface area contributed by atoms with Gasteiger partial charge in [-0.15, -0.1) is 0 Å². The summed E-state index contributed by atoms with van der Waals surface area (Å²) in [6.45, 7) is 1.54. The predicted octanol–water partition coefficient (Wildman–Crippen LogP) is 3.33. The van der Waals surface area contributed by atoms with E-state index in [1.807, 2.05) is 0 Å². The fraction of sp³-hybridized carbons (Fsp3) is 0.176. The van der Waals surface area contributed by atoms with Crippen LogP contribution in [0.4, 0.5) is 19.0 Å². The lowest BCUT2D eigenvalue weighted by molar-refractivity contribution is -0.141. The number of halogens is 4. The summed E-state index contributed by atoms with van der Waals surface area (Å²) in [7, 11) is 0. The van der Waals surface area contributed by atoms with E-state index in [0.717, 1.165) is 6.07 Å². The number of anilines is 1. The molecule has 0 bridgehead atoms. The molecule has 0 aliphatic rings. The van der Waals surface area contributed by atoms with Crippen LogP contribution in [0.2, 0.25) is 5.15 Å². The molecule has 0 saturated carbocycles. The first-order valence-electron chi connectivity index (χ1n) is 7.98. The Balaban J connectivity index is 1.62. The summed E-state index contributed by atoms with van der Waals surface area (Å²) in [6, 6.07) is 7.46. The molecule has 28 heavy (non-hydrogen) atoms. The summed E-state index contributed by atoms with van der Waals surface area (Å²) >= 11 is 5.62. The number of aromatic nitrogens is 4. The molecule has 7 nitrogen and oxygen atoms in total. The number of hydrogen-bond acceptors (Lipinski definition) is 5. The number of carbonyl (C=O) groups excluding carboxylic acids is 1. The molecule has 0 saturated heterocycles. The molecule has 3 rings (SSSR count). The van der Waals surface area contributed by atoms with Crippen LogP contribution in [0.5, 0.6) is 0 Å². The summed E-state index contributed by atoms with van der Waals surface area (Å²) in [4.78, 5) is 19.7. The van der Waals surface area contributed by atoms with Gasteiger partial charge in [-0.05, 0) is 30.7 Å². The van der Waals surface area contributed by atoms with Gasteiger partial charge in [0.2, 0.25) is 5.91 Å². The maximum absolute atomic E-state index is 12.8. The normalized spacial score (nSPS) is 11.3. The van der Waals surface area contributed by atoms with Crippen LogP contribution in [-0.2, 0) is 17.4 Å². The minimum atomic E-state index is -4.50. The molecule has 146 valence electrons. The number of aryl methyl sites for hydroxylation is 1. The first-order chi connectivity index (χ1) is 13.2. The topological polar surface area (TPSA) is 84.7 Å². The average molecular weight is 411 g/mol. The van der Waals surface area contributed by atoms with Crippen LogP contribution < -0.4 is 10.9 Å². The van der Waals surface area contributed by atoms with Gasteiger partial charge in [0.1, 0.15) is 5.15 Å². The molecule has 0 fully saturated rings. The van der Waals surface area contributed by atoms with Crippen LogP contribution in [0.25, 0.3) is 5.69 Å². The smallest absolute Gasteiger partial charge is 0.281 e. The lowest BCUT2D eigenvalue weighted by atomic mass is 10.1. The molecule has 0 spiro atoms. The van der Waals surface area contributed by atoms with E-state index in [4.69, 9.17) is 11.6 Å². The van der Waals surface area contributed by atoms with Gasteiger partial charge in [0.15, 0.2) is 11.5 Å². The van der Waals surface area contributed by atoms with Crippen LogP contribution in [-0.4, -0.2) is 25.7 Å². The van der Waals surface area contributed by atoms with Crippen LogP contribution in [0.3, 0.4) is 0 Å². The SMILES string of the molecule is Cc1cc(C(F)(F)F)nn1-c1ccc(CC(=O)NNc2cnc(Cl)cn2)cc1. The van der Waals surface area contributed by atoms with E-state index in [2.05, 4.69) is 25.9 Å². The van der Waals surface area contributed by atoms with Crippen molar-refractivity contribution in [3.63, 3.8) is 0 Å². The largest absolute Gasteiger partial charge is 0.435 e. The Morgan fingerprint density at radius 3 is 2.46 bits per heavy atom. The van der Waals surface area contributed by atoms with Crippen molar-refractivity contribution in [3.05, 3.63) is 64.8 Å². The second kappa shape index (κ2) is 7.85. The number of hydrogen-bond donors (Lipinski definition) is 2. The van der Waals surface area contributed by atoms with E-state index < -0.39 is 11.9 Å². The van der Waals surface area contributed by atoms with E-state index in [0.29, 0.717) is 22.8 Å². The Bertz CT molecular complexity index is 970. The van der Waals surface area contributed by atoms with Crippen molar-refractivity contribution >= 4 is 23.3 Å². The van der Waals surface area contributed by atoms with Gasteiger partial charge in [-0.1, -0.05) is 23.7 Å². The fourth-order valence-corrected chi connectivity index (χ4v) is 2.47. The standard InChI is InChI=1S/C17H14ClF3N6O/c1-10-6-13(17(19,20)21)26-27(10)12-4-2-11(3-5-12)7-16(28)25-24-15-9-22-14(18)8-23-15/h2-6,8-9H,7H2,1H3,(H,23,24)(H,25,28). The highest BCUT2D eigenvalue weighted by Gasteiger charge is 2.34. The Kier molecular flexibility index (Phi) is 5.50. The Labute approximate surface area is 162 Å². The predicted molar refractivity (Wildman–Crippen MR) is 95.8 cm³/mol. The maximum Gasteiger partial charge on any atom is 0.435 e. The van der Waals surface area contributed by atoms with Crippen molar-refractivity contribution in [3.8, 4) is 5.69 Å². The fourth-order valence-electron chi connectivity index (χ4n) is 2.37. The third-order valence-electron chi connectivity index (χ3n) is 3.67. The van der Waals surface area contributed by atoms with Gasteiger partial charge in [-0.3, -0.25) is 15.6 Å².